The molecule has 1 aromatic carbocycles. The van der Waals surface area contributed by atoms with Crippen molar-refractivity contribution in [2.45, 2.75) is 38.8 Å². The van der Waals surface area contributed by atoms with Crippen LogP contribution >= 0.6 is 0 Å². The van der Waals surface area contributed by atoms with E-state index in [9.17, 15) is 9.90 Å². The highest BCUT2D eigenvalue weighted by Gasteiger charge is 2.30. The number of fused-ring (bicyclic) bond motifs is 1. The number of hydrogen-bond acceptors (Lipinski definition) is 4. The summed E-state index contributed by atoms with van der Waals surface area (Å²) >= 11 is 0. The van der Waals surface area contributed by atoms with E-state index in [0.717, 1.165) is 25.1 Å². The van der Waals surface area contributed by atoms with Crippen LogP contribution in [-0.4, -0.2) is 50.5 Å². The van der Waals surface area contributed by atoms with E-state index in [1.807, 2.05) is 23.6 Å². The highest BCUT2D eigenvalue weighted by molar-refractivity contribution is 5.75. The quantitative estimate of drug-likeness (QED) is 0.799. The molecule has 0 saturated carbocycles. The van der Waals surface area contributed by atoms with Gasteiger partial charge >= 0.3 is 6.03 Å². The maximum atomic E-state index is 12.7. The Balaban J connectivity index is 1.62. The molecule has 1 atom stereocenters. The number of aromatic nitrogens is 3. The van der Waals surface area contributed by atoms with Gasteiger partial charge in [-0.3, -0.25) is 0 Å². The minimum Gasteiger partial charge on any atom is -0.395 e. The highest BCUT2D eigenvalue weighted by Crippen LogP contribution is 2.35. The van der Waals surface area contributed by atoms with Crippen molar-refractivity contribution in [3.63, 3.8) is 0 Å². The van der Waals surface area contributed by atoms with Crippen LogP contribution in [0.1, 0.15) is 36.3 Å². The fourth-order valence-corrected chi connectivity index (χ4v) is 3.49. The monoisotopic (exact) mass is 343 g/mol. The maximum Gasteiger partial charge on any atom is 0.318 e. The number of benzene rings is 1. The molecule has 0 spiro atoms. The molecule has 134 valence electrons. The van der Waals surface area contributed by atoms with E-state index in [1.165, 1.54) is 11.1 Å². The molecule has 0 fully saturated rings. The van der Waals surface area contributed by atoms with Gasteiger partial charge in [-0.2, -0.15) is 0 Å². The number of aliphatic hydroxyl groups excluding tert-OH is 1. The van der Waals surface area contributed by atoms with Crippen LogP contribution in [0.2, 0.25) is 0 Å². The predicted octanol–water partition coefficient (Wildman–Crippen LogP) is 1.53. The summed E-state index contributed by atoms with van der Waals surface area (Å²) in [7, 11) is 0. The van der Waals surface area contributed by atoms with Gasteiger partial charge in [0.2, 0.25) is 0 Å². The number of amides is 2. The molecule has 7 nitrogen and oxygen atoms in total. The summed E-state index contributed by atoms with van der Waals surface area (Å²) in [5.74, 6) is 0.909. The lowest BCUT2D eigenvalue weighted by atomic mass is 10.1. The number of nitrogens with zero attached hydrogens (tertiary/aromatic N) is 4. The first-order valence-corrected chi connectivity index (χ1v) is 8.84. The number of urea groups is 1. The standard InChI is InChI=1S/C18H25N5O2/c1-2-17-21-20-13-22(17)10-9-19-18(25)23(11-12-24)16-8-7-14-5-3-4-6-15(14)16/h3-6,13,16,24H,2,7-12H2,1H3,(H,19,25). The summed E-state index contributed by atoms with van der Waals surface area (Å²) in [6, 6.07) is 8.12. The number of rotatable bonds is 7. The first-order valence-electron chi connectivity index (χ1n) is 8.84. The molecule has 2 N–H and O–H groups in total. The summed E-state index contributed by atoms with van der Waals surface area (Å²) in [5.41, 5.74) is 2.48. The van der Waals surface area contributed by atoms with Gasteiger partial charge in [0.25, 0.3) is 0 Å². The van der Waals surface area contributed by atoms with Crippen LogP contribution in [0, 0.1) is 0 Å². The Morgan fingerprint density at radius 1 is 1.44 bits per heavy atom. The lowest BCUT2D eigenvalue weighted by molar-refractivity contribution is 0.151. The van der Waals surface area contributed by atoms with Gasteiger partial charge in [-0.05, 0) is 24.0 Å². The number of nitrogens with one attached hydrogen (secondary N) is 1. The van der Waals surface area contributed by atoms with Crippen LogP contribution in [0.4, 0.5) is 4.79 Å². The third kappa shape index (κ3) is 3.82. The molecule has 0 aliphatic heterocycles. The van der Waals surface area contributed by atoms with Crippen molar-refractivity contribution in [2.24, 2.45) is 0 Å². The molecule has 0 radical (unpaired) electrons. The third-order valence-corrected chi connectivity index (χ3v) is 4.72. The number of carbonyl (C=O) groups is 1. The molecule has 1 aromatic heterocycles. The number of aliphatic hydroxyl groups is 1. The van der Waals surface area contributed by atoms with Gasteiger partial charge in [0.1, 0.15) is 12.2 Å². The fourth-order valence-electron chi connectivity index (χ4n) is 3.49. The smallest absolute Gasteiger partial charge is 0.318 e. The van der Waals surface area contributed by atoms with E-state index in [4.69, 9.17) is 0 Å². The Labute approximate surface area is 147 Å². The van der Waals surface area contributed by atoms with Crippen LogP contribution in [0.3, 0.4) is 0 Å². The van der Waals surface area contributed by atoms with Crippen LogP contribution in [0.25, 0.3) is 0 Å². The van der Waals surface area contributed by atoms with Gasteiger partial charge in [-0.25, -0.2) is 4.79 Å². The average molecular weight is 343 g/mol. The van der Waals surface area contributed by atoms with E-state index in [-0.39, 0.29) is 18.7 Å². The molecule has 2 amide bonds. The van der Waals surface area contributed by atoms with E-state index in [1.54, 1.807) is 11.2 Å². The van der Waals surface area contributed by atoms with Gasteiger partial charge in [0.05, 0.1) is 12.6 Å². The highest BCUT2D eigenvalue weighted by atomic mass is 16.3. The Morgan fingerprint density at radius 3 is 3.08 bits per heavy atom. The van der Waals surface area contributed by atoms with Crippen LogP contribution in [0.15, 0.2) is 30.6 Å². The van der Waals surface area contributed by atoms with Crippen molar-refractivity contribution < 1.29 is 9.90 Å². The lowest BCUT2D eigenvalue weighted by Gasteiger charge is -2.29. The number of aryl methyl sites for hydroxylation is 2. The molecular formula is C18H25N5O2. The largest absolute Gasteiger partial charge is 0.395 e. The zero-order valence-electron chi connectivity index (χ0n) is 14.6. The molecule has 0 bridgehead atoms. The summed E-state index contributed by atoms with van der Waals surface area (Å²) in [6.45, 7) is 3.45. The van der Waals surface area contributed by atoms with E-state index in [0.29, 0.717) is 19.6 Å². The second kappa shape index (κ2) is 8.11. The van der Waals surface area contributed by atoms with E-state index >= 15 is 0 Å². The second-order valence-corrected chi connectivity index (χ2v) is 6.20. The normalized spacial score (nSPS) is 15.8. The van der Waals surface area contributed by atoms with E-state index < -0.39 is 0 Å². The van der Waals surface area contributed by atoms with Crippen molar-refractivity contribution in [1.82, 2.24) is 25.0 Å². The second-order valence-electron chi connectivity index (χ2n) is 6.20. The summed E-state index contributed by atoms with van der Waals surface area (Å²) < 4.78 is 1.95. The molecule has 1 aliphatic carbocycles. The molecule has 25 heavy (non-hydrogen) atoms. The molecule has 3 rings (SSSR count). The van der Waals surface area contributed by atoms with Crippen LogP contribution in [-0.2, 0) is 19.4 Å². The molecule has 2 aromatic rings. The van der Waals surface area contributed by atoms with E-state index in [2.05, 4.69) is 27.6 Å². The van der Waals surface area contributed by atoms with Gasteiger partial charge in [0.15, 0.2) is 0 Å². The van der Waals surface area contributed by atoms with Crippen molar-refractivity contribution >= 4 is 6.03 Å². The summed E-state index contributed by atoms with van der Waals surface area (Å²) in [6.07, 6.45) is 4.36. The average Bonchev–Trinajstić information content (AvgIpc) is 3.26. The van der Waals surface area contributed by atoms with Gasteiger partial charge < -0.3 is 19.9 Å². The first-order chi connectivity index (χ1) is 12.2. The zero-order chi connectivity index (χ0) is 17.6. The predicted molar refractivity (Wildman–Crippen MR) is 94.1 cm³/mol. The van der Waals surface area contributed by atoms with Crippen LogP contribution < -0.4 is 5.32 Å². The molecule has 1 unspecified atom stereocenters. The molecule has 1 aliphatic rings. The van der Waals surface area contributed by atoms with Crippen molar-refractivity contribution in [2.75, 3.05) is 19.7 Å². The number of hydrogen-bond donors (Lipinski definition) is 2. The number of carbonyl (C=O) groups excluding carboxylic acids is 1. The van der Waals surface area contributed by atoms with Gasteiger partial charge in [-0.1, -0.05) is 31.2 Å². The van der Waals surface area contributed by atoms with Crippen molar-refractivity contribution in [3.05, 3.63) is 47.5 Å². The topological polar surface area (TPSA) is 83.3 Å². The summed E-state index contributed by atoms with van der Waals surface area (Å²) in [5, 5.41) is 20.3. The minimum absolute atomic E-state index is 0.0319. The zero-order valence-corrected chi connectivity index (χ0v) is 14.6. The SMILES string of the molecule is CCc1nncn1CCNC(=O)N(CCO)C1CCc2ccccc21. The van der Waals surface area contributed by atoms with Crippen LogP contribution in [0.5, 0.6) is 0 Å². The Morgan fingerprint density at radius 2 is 2.28 bits per heavy atom. The van der Waals surface area contributed by atoms with Crippen molar-refractivity contribution in [1.29, 1.82) is 0 Å². The fraction of sp³-hybridized carbons (Fsp3) is 0.500. The lowest BCUT2D eigenvalue weighted by Crippen LogP contribution is -2.44. The first kappa shape index (κ1) is 17.4. The van der Waals surface area contributed by atoms with Gasteiger partial charge in [0, 0.05) is 26.1 Å². The maximum absolute atomic E-state index is 12.7. The Hall–Kier alpha value is -2.41. The Bertz CT molecular complexity index is 715. The molecule has 7 heteroatoms. The molecule has 0 saturated heterocycles. The molecule has 1 heterocycles. The Kier molecular flexibility index (Phi) is 5.65. The minimum atomic E-state index is -0.137. The molecular weight excluding hydrogens is 318 g/mol. The third-order valence-electron chi connectivity index (χ3n) is 4.72. The summed E-state index contributed by atoms with van der Waals surface area (Å²) in [4.78, 5) is 14.4. The van der Waals surface area contributed by atoms with Crippen molar-refractivity contribution in [3.8, 4) is 0 Å². The van der Waals surface area contributed by atoms with Gasteiger partial charge in [-0.15, -0.1) is 10.2 Å².